The summed E-state index contributed by atoms with van der Waals surface area (Å²) in [5.41, 5.74) is -0.790. The number of nitrogens with zero attached hydrogens (tertiary/aromatic N) is 2. The zero-order chi connectivity index (χ0) is 16.2. The molecule has 0 spiro atoms. The molecule has 0 N–H and O–H groups in total. The first kappa shape index (κ1) is 17.2. The maximum atomic E-state index is 12.3. The molecule has 1 aromatic rings. The van der Waals surface area contributed by atoms with E-state index >= 15 is 0 Å². The Labute approximate surface area is 126 Å². The van der Waals surface area contributed by atoms with E-state index in [1.54, 1.807) is 19.9 Å². The van der Waals surface area contributed by atoms with Crippen LogP contribution in [0.2, 0.25) is 0 Å². The van der Waals surface area contributed by atoms with Gasteiger partial charge in [0.05, 0.1) is 16.4 Å². The molecule has 0 bridgehead atoms. The molecule has 0 atom stereocenters. The number of hydrogen-bond acceptors (Lipinski definition) is 6. The number of aromatic nitrogens is 1. The van der Waals surface area contributed by atoms with Gasteiger partial charge in [0.1, 0.15) is 6.54 Å². The van der Waals surface area contributed by atoms with E-state index in [1.165, 1.54) is 11.8 Å². The minimum Gasteiger partial charge on any atom is -0.465 e. The van der Waals surface area contributed by atoms with Gasteiger partial charge in [-0.05, 0) is 19.9 Å². The lowest BCUT2D eigenvalue weighted by Crippen LogP contribution is -2.29. The molecule has 0 aliphatic rings. The van der Waals surface area contributed by atoms with Gasteiger partial charge in [-0.3, -0.25) is 24.3 Å². The molecule has 0 unspecified atom stereocenters. The van der Waals surface area contributed by atoms with E-state index < -0.39 is 22.1 Å². The van der Waals surface area contributed by atoms with E-state index in [1.807, 2.05) is 13.8 Å². The molecule has 0 fully saturated rings. The largest absolute Gasteiger partial charge is 0.465 e. The molecule has 0 aliphatic heterocycles. The molecule has 0 saturated heterocycles. The van der Waals surface area contributed by atoms with E-state index in [-0.39, 0.29) is 18.4 Å². The quantitative estimate of drug-likeness (QED) is 0.346. The number of hydrogen-bond donors (Lipinski definition) is 0. The van der Waals surface area contributed by atoms with Crippen LogP contribution in [-0.2, 0) is 16.1 Å². The summed E-state index contributed by atoms with van der Waals surface area (Å²) in [5, 5.41) is 11.3. The lowest BCUT2D eigenvalue weighted by atomic mass is 10.3. The number of thioether (sulfide) groups is 1. The van der Waals surface area contributed by atoms with Crippen LogP contribution < -0.4 is 5.56 Å². The average Bonchev–Trinajstić information content (AvgIpc) is 2.33. The van der Waals surface area contributed by atoms with Crippen LogP contribution in [0.1, 0.15) is 26.5 Å². The third-order valence-electron chi connectivity index (χ3n) is 2.58. The van der Waals surface area contributed by atoms with Crippen molar-refractivity contribution >= 4 is 23.4 Å². The van der Waals surface area contributed by atoms with Crippen molar-refractivity contribution in [3.63, 3.8) is 0 Å². The van der Waals surface area contributed by atoms with Crippen LogP contribution in [0.4, 0.5) is 5.69 Å². The third-order valence-corrected chi connectivity index (χ3v) is 3.62. The predicted molar refractivity (Wildman–Crippen MR) is 79.7 cm³/mol. The number of pyridine rings is 1. The molecule has 1 rings (SSSR count). The van der Waals surface area contributed by atoms with Crippen LogP contribution in [0, 0.1) is 17.0 Å². The van der Waals surface area contributed by atoms with E-state index in [2.05, 4.69) is 0 Å². The molecular formula is C13H18N2O5S. The number of ether oxygens (including phenoxy) is 1. The summed E-state index contributed by atoms with van der Waals surface area (Å²) in [7, 11) is 0. The lowest BCUT2D eigenvalue weighted by molar-refractivity contribution is -0.389. The van der Waals surface area contributed by atoms with Gasteiger partial charge in [-0.25, -0.2) is 0 Å². The molecule has 0 aromatic carbocycles. The molecule has 0 amide bonds. The Morgan fingerprint density at radius 1 is 1.52 bits per heavy atom. The number of carbonyl (C=O) groups is 1. The van der Waals surface area contributed by atoms with E-state index in [4.69, 9.17) is 4.74 Å². The fourth-order valence-corrected chi connectivity index (χ4v) is 2.79. The number of rotatable bonds is 6. The van der Waals surface area contributed by atoms with Gasteiger partial charge in [-0.1, -0.05) is 13.8 Å². The van der Waals surface area contributed by atoms with Gasteiger partial charge in [-0.15, -0.1) is 11.8 Å². The SMILES string of the molecule is CCOC(=O)Cn1c(C)cc(SC(C)C)c([N+](=O)[O-])c1=O. The first-order chi connectivity index (χ1) is 9.77. The van der Waals surface area contributed by atoms with Crippen molar-refractivity contribution in [2.45, 2.75) is 44.4 Å². The van der Waals surface area contributed by atoms with E-state index in [0.29, 0.717) is 10.6 Å². The molecule has 1 heterocycles. The second-order valence-electron chi connectivity index (χ2n) is 4.62. The van der Waals surface area contributed by atoms with Crippen LogP contribution in [0.5, 0.6) is 0 Å². The summed E-state index contributed by atoms with van der Waals surface area (Å²) in [6.07, 6.45) is 0. The van der Waals surface area contributed by atoms with Crippen LogP contribution in [0.3, 0.4) is 0 Å². The fourth-order valence-electron chi connectivity index (χ4n) is 1.77. The summed E-state index contributed by atoms with van der Waals surface area (Å²) in [5.74, 6) is -0.596. The lowest BCUT2D eigenvalue weighted by Gasteiger charge is -2.12. The minimum absolute atomic E-state index is 0.100. The van der Waals surface area contributed by atoms with Gasteiger partial charge < -0.3 is 4.74 Å². The van der Waals surface area contributed by atoms with Crippen LogP contribution in [-0.4, -0.2) is 27.3 Å². The first-order valence-electron chi connectivity index (χ1n) is 6.49. The van der Waals surface area contributed by atoms with Gasteiger partial charge in [0.25, 0.3) is 0 Å². The van der Waals surface area contributed by atoms with Crippen molar-refractivity contribution in [3.05, 3.63) is 32.2 Å². The third kappa shape index (κ3) is 4.32. The molecule has 8 heteroatoms. The molecule has 7 nitrogen and oxygen atoms in total. The Hall–Kier alpha value is -1.83. The van der Waals surface area contributed by atoms with E-state index in [0.717, 1.165) is 4.57 Å². The molecule has 116 valence electrons. The van der Waals surface area contributed by atoms with Crippen molar-refractivity contribution < 1.29 is 14.5 Å². The summed E-state index contributed by atoms with van der Waals surface area (Å²) in [6, 6.07) is 1.56. The highest BCUT2D eigenvalue weighted by atomic mass is 32.2. The van der Waals surface area contributed by atoms with Crippen LogP contribution in [0.15, 0.2) is 15.8 Å². The normalized spacial score (nSPS) is 10.7. The smallest absolute Gasteiger partial charge is 0.347 e. The maximum Gasteiger partial charge on any atom is 0.347 e. The van der Waals surface area contributed by atoms with Crippen LogP contribution >= 0.6 is 11.8 Å². The Bertz CT molecular complexity index is 609. The molecule has 0 saturated carbocycles. The minimum atomic E-state index is -0.781. The van der Waals surface area contributed by atoms with E-state index in [9.17, 15) is 19.7 Å². The predicted octanol–water partition coefficient (Wildman–Crippen LogP) is 2.13. The fraction of sp³-hybridized carbons (Fsp3) is 0.538. The second-order valence-corrected chi connectivity index (χ2v) is 6.24. The van der Waals surface area contributed by atoms with Crippen molar-refractivity contribution in [2.24, 2.45) is 0 Å². The number of esters is 1. The molecular weight excluding hydrogens is 296 g/mol. The number of carbonyl (C=O) groups excluding carboxylic acids is 1. The van der Waals surface area contributed by atoms with Gasteiger partial charge in [0, 0.05) is 10.9 Å². The zero-order valence-corrected chi connectivity index (χ0v) is 13.2. The molecule has 0 radical (unpaired) electrons. The standard InChI is InChI=1S/C13H18N2O5S/c1-5-20-11(16)7-14-9(4)6-10(21-8(2)3)12(13(14)17)15(18)19/h6,8H,5,7H2,1-4H3. The van der Waals surface area contributed by atoms with Gasteiger partial charge in [-0.2, -0.15) is 0 Å². The number of aryl methyl sites for hydroxylation is 1. The Kier molecular flexibility index (Phi) is 5.95. The first-order valence-corrected chi connectivity index (χ1v) is 7.37. The second kappa shape index (κ2) is 7.26. The van der Waals surface area contributed by atoms with Crippen molar-refractivity contribution in [1.29, 1.82) is 0 Å². The summed E-state index contributed by atoms with van der Waals surface area (Å²) < 4.78 is 5.85. The monoisotopic (exact) mass is 314 g/mol. The number of nitro groups is 1. The van der Waals surface area contributed by atoms with Crippen molar-refractivity contribution in [2.75, 3.05) is 6.61 Å². The molecule has 0 aliphatic carbocycles. The van der Waals surface area contributed by atoms with Gasteiger partial charge >= 0.3 is 17.2 Å². The molecule has 1 aromatic heterocycles. The van der Waals surface area contributed by atoms with Gasteiger partial charge in [0.2, 0.25) is 0 Å². The summed E-state index contributed by atoms with van der Waals surface area (Å²) in [6.45, 7) is 6.91. The highest BCUT2D eigenvalue weighted by molar-refractivity contribution is 8.00. The summed E-state index contributed by atoms with van der Waals surface area (Å²) >= 11 is 1.25. The zero-order valence-electron chi connectivity index (χ0n) is 12.4. The maximum absolute atomic E-state index is 12.3. The van der Waals surface area contributed by atoms with Crippen molar-refractivity contribution in [1.82, 2.24) is 4.57 Å². The highest BCUT2D eigenvalue weighted by Crippen LogP contribution is 2.30. The highest BCUT2D eigenvalue weighted by Gasteiger charge is 2.25. The van der Waals surface area contributed by atoms with Gasteiger partial charge in [0.15, 0.2) is 0 Å². The topological polar surface area (TPSA) is 91.4 Å². The van der Waals surface area contributed by atoms with Crippen LogP contribution in [0.25, 0.3) is 0 Å². The Morgan fingerprint density at radius 3 is 2.62 bits per heavy atom. The Balaban J connectivity index is 3.35. The average molecular weight is 314 g/mol. The summed E-state index contributed by atoms with van der Waals surface area (Å²) in [4.78, 5) is 34.6. The Morgan fingerprint density at radius 2 is 2.14 bits per heavy atom. The molecule has 21 heavy (non-hydrogen) atoms. The van der Waals surface area contributed by atoms with Crippen molar-refractivity contribution in [3.8, 4) is 0 Å².